The van der Waals surface area contributed by atoms with E-state index in [2.05, 4.69) is 11.0 Å². The topological polar surface area (TPSA) is 9.23 Å². The Balaban J connectivity index is 2.45. The first-order valence-electron chi connectivity index (χ1n) is 2.40. The molecule has 0 atom stereocenters. The molecule has 7 heavy (non-hydrogen) atoms. The molecule has 0 amide bonds. The normalized spacial score (nSPS) is 9.29. The van der Waals surface area contributed by atoms with Crippen LogP contribution in [0.25, 0.3) is 0 Å². The van der Waals surface area contributed by atoms with Crippen molar-refractivity contribution in [2.24, 2.45) is 0 Å². The van der Waals surface area contributed by atoms with Gasteiger partial charge in [-0.15, -0.1) is 0 Å². The second-order valence-electron chi connectivity index (χ2n) is 1.27. The maximum absolute atomic E-state index is 4.73. The lowest BCUT2D eigenvalue weighted by atomic mass is 10.4. The predicted molar refractivity (Wildman–Crippen MR) is 34.2 cm³/mol. The first-order chi connectivity index (χ1) is 3.41. The SMILES string of the molecule is [B]OSCCCC. The fourth-order valence-electron chi connectivity index (χ4n) is 0.251. The van der Waals surface area contributed by atoms with Gasteiger partial charge in [-0.3, -0.25) is 0 Å². The maximum Gasteiger partial charge on any atom is 0.305 e. The van der Waals surface area contributed by atoms with Crippen molar-refractivity contribution < 1.29 is 4.10 Å². The minimum Gasteiger partial charge on any atom is -0.390 e. The molecule has 0 aromatic rings. The summed E-state index contributed by atoms with van der Waals surface area (Å²) < 4.78 is 4.26. The molecule has 0 saturated carbocycles. The summed E-state index contributed by atoms with van der Waals surface area (Å²) in [5.41, 5.74) is 0. The van der Waals surface area contributed by atoms with Gasteiger partial charge in [0.1, 0.15) is 0 Å². The first-order valence-corrected chi connectivity index (χ1v) is 3.31. The summed E-state index contributed by atoms with van der Waals surface area (Å²) in [6.07, 6.45) is 2.39. The first kappa shape index (κ1) is 7.37. The van der Waals surface area contributed by atoms with Gasteiger partial charge in [0.15, 0.2) is 0 Å². The third-order valence-corrected chi connectivity index (χ3v) is 1.24. The van der Waals surface area contributed by atoms with Crippen LogP contribution in [-0.4, -0.2) is 13.8 Å². The molecular weight excluding hydrogens is 107 g/mol. The van der Waals surface area contributed by atoms with Gasteiger partial charge >= 0.3 is 8.05 Å². The van der Waals surface area contributed by atoms with E-state index in [1.807, 2.05) is 0 Å². The molecule has 0 aliphatic carbocycles. The van der Waals surface area contributed by atoms with Gasteiger partial charge in [0, 0.05) is 5.75 Å². The fourth-order valence-corrected chi connectivity index (χ4v) is 0.754. The highest BCUT2D eigenvalue weighted by molar-refractivity contribution is 7.95. The standard InChI is InChI=1S/C4H9BOS/c1-2-3-4-7-6-5/h2-4H2,1H3. The van der Waals surface area contributed by atoms with Gasteiger partial charge in [0.05, 0.1) is 0 Å². The van der Waals surface area contributed by atoms with E-state index >= 15 is 0 Å². The van der Waals surface area contributed by atoms with Crippen LogP contribution in [0.2, 0.25) is 0 Å². The Morgan fingerprint density at radius 1 is 1.71 bits per heavy atom. The number of rotatable bonds is 4. The van der Waals surface area contributed by atoms with Crippen LogP contribution in [0.1, 0.15) is 19.8 Å². The number of unbranched alkanes of at least 4 members (excludes halogenated alkanes) is 1. The third-order valence-electron chi connectivity index (χ3n) is 0.649. The van der Waals surface area contributed by atoms with E-state index in [4.69, 9.17) is 8.05 Å². The summed E-state index contributed by atoms with van der Waals surface area (Å²) in [6.45, 7) is 2.14. The van der Waals surface area contributed by atoms with E-state index in [1.54, 1.807) is 0 Å². The van der Waals surface area contributed by atoms with Gasteiger partial charge in [-0.2, -0.15) is 0 Å². The highest BCUT2D eigenvalue weighted by Gasteiger charge is 1.80. The van der Waals surface area contributed by atoms with E-state index in [0.29, 0.717) is 0 Å². The Morgan fingerprint density at radius 3 is 2.86 bits per heavy atom. The van der Waals surface area contributed by atoms with E-state index in [1.165, 1.54) is 24.9 Å². The molecule has 0 aliphatic rings. The quantitative estimate of drug-likeness (QED) is 0.313. The van der Waals surface area contributed by atoms with Crippen molar-refractivity contribution in [2.45, 2.75) is 19.8 Å². The van der Waals surface area contributed by atoms with Crippen molar-refractivity contribution in [1.29, 1.82) is 0 Å². The molecule has 1 nitrogen and oxygen atoms in total. The second-order valence-corrected chi connectivity index (χ2v) is 2.11. The van der Waals surface area contributed by atoms with Gasteiger partial charge in [0.2, 0.25) is 0 Å². The van der Waals surface area contributed by atoms with Gasteiger partial charge in [-0.05, 0) is 18.5 Å². The van der Waals surface area contributed by atoms with Crippen molar-refractivity contribution in [2.75, 3.05) is 5.75 Å². The summed E-state index contributed by atoms with van der Waals surface area (Å²) in [5.74, 6) is 1.01. The smallest absolute Gasteiger partial charge is 0.305 e. The molecular formula is C4H9BOS. The van der Waals surface area contributed by atoms with Gasteiger partial charge in [-0.25, -0.2) is 0 Å². The molecule has 40 valence electrons. The molecule has 0 bridgehead atoms. The summed E-state index contributed by atoms with van der Waals surface area (Å²) in [4.78, 5) is 0. The average Bonchev–Trinajstić information content (AvgIpc) is 1.69. The zero-order chi connectivity index (χ0) is 5.54. The van der Waals surface area contributed by atoms with Crippen LogP contribution < -0.4 is 0 Å². The molecule has 2 radical (unpaired) electrons. The summed E-state index contributed by atoms with van der Waals surface area (Å²) in [6, 6.07) is 0. The van der Waals surface area contributed by atoms with Crippen molar-refractivity contribution in [1.82, 2.24) is 0 Å². The average molecular weight is 116 g/mol. The Bertz CT molecular complexity index is 30.9. The lowest BCUT2D eigenvalue weighted by Gasteiger charge is -1.92. The highest BCUT2D eigenvalue weighted by Crippen LogP contribution is 2.01. The monoisotopic (exact) mass is 116 g/mol. The van der Waals surface area contributed by atoms with Gasteiger partial charge in [-0.1, -0.05) is 13.3 Å². The van der Waals surface area contributed by atoms with Crippen molar-refractivity contribution in [3.05, 3.63) is 0 Å². The molecule has 0 fully saturated rings. The zero-order valence-electron chi connectivity index (χ0n) is 4.52. The Labute approximate surface area is 50.5 Å². The van der Waals surface area contributed by atoms with E-state index in [9.17, 15) is 0 Å². The molecule has 0 heterocycles. The van der Waals surface area contributed by atoms with Crippen LogP contribution in [0.4, 0.5) is 0 Å². The lowest BCUT2D eigenvalue weighted by molar-refractivity contribution is 0.717. The van der Waals surface area contributed by atoms with Crippen LogP contribution in [0.3, 0.4) is 0 Å². The Hall–Kier alpha value is 0.375. The molecule has 0 spiro atoms. The second kappa shape index (κ2) is 6.37. The van der Waals surface area contributed by atoms with Crippen LogP contribution in [0.5, 0.6) is 0 Å². The van der Waals surface area contributed by atoms with Gasteiger partial charge in [0.25, 0.3) is 0 Å². The van der Waals surface area contributed by atoms with Gasteiger partial charge < -0.3 is 4.10 Å². The summed E-state index contributed by atoms with van der Waals surface area (Å²) in [7, 11) is 4.73. The van der Waals surface area contributed by atoms with Crippen molar-refractivity contribution in [3.63, 3.8) is 0 Å². The minimum absolute atomic E-state index is 1.01. The summed E-state index contributed by atoms with van der Waals surface area (Å²) in [5, 5.41) is 0. The highest BCUT2D eigenvalue weighted by atomic mass is 32.2. The third kappa shape index (κ3) is 6.37. The van der Waals surface area contributed by atoms with E-state index in [-0.39, 0.29) is 0 Å². The molecule has 0 N–H and O–H groups in total. The Kier molecular flexibility index (Phi) is 6.72. The minimum atomic E-state index is 1.01. The van der Waals surface area contributed by atoms with Crippen LogP contribution >= 0.6 is 12.0 Å². The van der Waals surface area contributed by atoms with Crippen LogP contribution in [0, 0.1) is 0 Å². The van der Waals surface area contributed by atoms with Crippen LogP contribution in [0.15, 0.2) is 0 Å². The molecule has 0 aromatic carbocycles. The molecule has 0 aliphatic heterocycles. The lowest BCUT2D eigenvalue weighted by Crippen LogP contribution is -1.76. The molecule has 0 unspecified atom stereocenters. The van der Waals surface area contributed by atoms with Crippen LogP contribution in [-0.2, 0) is 4.10 Å². The zero-order valence-corrected chi connectivity index (χ0v) is 5.33. The van der Waals surface area contributed by atoms with Crippen molar-refractivity contribution >= 4 is 20.1 Å². The number of hydrogen-bond acceptors (Lipinski definition) is 2. The number of hydrogen-bond donors (Lipinski definition) is 0. The molecule has 3 heteroatoms. The molecule has 0 aromatic heterocycles. The predicted octanol–water partition coefficient (Wildman–Crippen LogP) is 1.53. The van der Waals surface area contributed by atoms with E-state index in [0.717, 1.165) is 5.75 Å². The van der Waals surface area contributed by atoms with E-state index < -0.39 is 0 Å². The summed E-state index contributed by atoms with van der Waals surface area (Å²) >= 11 is 1.31. The van der Waals surface area contributed by atoms with Crippen molar-refractivity contribution in [3.8, 4) is 0 Å². The Morgan fingerprint density at radius 2 is 2.43 bits per heavy atom. The largest absolute Gasteiger partial charge is 0.390 e. The molecule has 0 saturated heterocycles. The fraction of sp³-hybridized carbons (Fsp3) is 1.00. The maximum atomic E-state index is 4.73. The molecule has 0 rings (SSSR count).